The van der Waals surface area contributed by atoms with Gasteiger partial charge in [0.15, 0.2) is 11.5 Å². The molecule has 1 aliphatic rings. The van der Waals surface area contributed by atoms with E-state index in [1.165, 1.54) is 0 Å². The highest BCUT2D eigenvalue weighted by Crippen LogP contribution is 2.44. The van der Waals surface area contributed by atoms with Crippen molar-refractivity contribution in [3.05, 3.63) is 34.9 Å². The third kappa shape index (κ3) is 4.77. The van der Waals surface area contributed by atoms with E-state index in [2.05, 4.69) is 4.98 Å². The summed E-state index contributed by atoms with van der Waals surface area (Å²) in [5, 5.41) is 16.2. The minimum absolute atomic E-state index is 0.0579. The molecule has 154 valence electrons. The average molecular weight is 411 g/mol. The summed E-state index contributed by atoms with van der Waals surface area (Å²) in [6.07, 6.45) is -4.59. The molecule has 0 unspecified atom stereocenters. The molecule has 1 aromatic heterocycles. The number of benzene rings is 1. The number of aromatic nitrogens is 1. The number of para-hydroxylation sites is 1. The van der Waals surface area contributed by atoms with Crippen LogP contribution in [0.15, 0.2) is 18.2 Å². The second-order valence-electron chi connectivity index (χ2n) is 5.64. The number of rotatable bonds is 3. The van der Waals surface area contributed by atoms with Crippen LogP contribution in [0.5, 0.6) is 17.4 Å². The number of nitriles is 1. The minimum atomic E-state index is -5.08. The summed E-state index contributed by atoms with van der Waals surface area (Å²) < 4.78 is 43.1. The Balaban J connectivity index is 0.000000370. The van der Waals surface area contributed by atoms with Crippen LogP contribution in [-0.2, 0) is 11.2 Å². The lowest BCUT2D eigenvalue weighted by Gasteiger charge is -2.23. The van der Waals surface area contributed by atoms with E-state index in [1.54, 1.807) is 6.07 Å². The van der Waals surface area contributed by atoms with E-state index in [-0.39, 0.29) is 11.4 Å². The molecule has 1 aromatic carbocycles. The molecule has 3 rings (SSSR count). The SMILES string of the molecule is N#Cc1c(N)nc2c(c1N)Cc1cccc(OCCN)c1O2.O=C(O)C(F)(F)F. The quantitative estimate of drug-likeness (QED) is 0.501. The van der Waals surface area contributed by atoms with Gasteiger partial charge in [0.1, 0.15) is 24.1 Å². The number of carboxylic acid groups (broad SMARTS) is 1. The first-order valence-electron chi connectivity index (χ1n) is 8.00. The van der Waals surface area contributed by atoms with Crippen LogP contribution in [0, 0.1) is 11.3 Å². The molecule has 0 aliphatic carbocycles. The second kappa shape index (κ2) is 8.53. The number of nitrogen functional groups attached to an aromatic ring is 2. The molecule has 0 saturated carbocycles. The van der Waals surface area contributed by atoms with E-state index in [9.17, 15) is 13.2 Å². The Morgan fingerprint density at radius 2 is 2.03 bits per heavy atom. The maximum atomic E-state index is 10.6. The molecule has 2 aromatic rings. The van der Waals surface area contributed by atoms with Gasteiger partial charge in [0.25, 0.3) is 0 Å². The van der Waals surface area contributed by atoms with Gasteiger partial charge in [0.05, 0.1) is 5.69 Å². The number of alkyl halides is 3. The van der Waals surface area contributed by atoms with Gasteiger partial charge in [-0.3, -0.25) is 0 Å². The third-order valence-electron chi connectivity index (χ3n) is 3.69. The topological polar surface area (TPSA) is 170 Å². The predicted octanol–water partition coefficient (Wildman–Crippen LogP) is 1.78. The summed E-state index contributed by atoms with van der Waals surface area (Å²) in [6.45, 7) is 0.793. The van der Waals surface area contributed by atoms with Gasteiger partial charge in [-0.2, -0.15) is 23.4 Å². The fourth-order valence-corrected chi connectivity index (χ4v) is 2.40. The lowest BCUT2D eigenvalue weighted by molar-refractivity contribution is -0.192. The smallest absolute Gasteiger partial charge is 0.488 e. The monoisotopic (exact) mass is 411 g/mol. The summed E-state index contributed by atoms with van der Waals surface area (Å²) in [6, 6.07) is 7.55. The number of hydrogen-bond donors (Lipinski definition) is 4. The number of aliphatic carboxylic acids is 1. The first kappa shape index (κ1) is 21.6. The van der Waals surface area contributed by atoms with Gasteiger partial charge >= 0.3 is 12.1 Å². The number of carboxylic acids is 1. The Morgan fingerprint density at radius 1 is 1.38 bits per heavy atom. The Morgan fingerprint density at radius 3 is 2.59 bits per heavy atom. The molecule has 0 bridgehead atoms. The van der Waals surface area contributed by atoms with Gasteiger partial charge in [-0.1, -0.05) is 12.1 Å². The Kier molecular flexibility index (Phi) is 6.35. The van der Waals surface area contributed by atoms with Crippen LogP contribution < -0.4 is 26.7 Å². The zero-order valence-electron chi connectivity index (χ0n) is 14.8. The lowest BCUT2D eigenvalue weighted by atomic mass is 9.99. The molecule has 12 heteroatoms. The lowest BCUT2D eigenvalue weighted by Crippen LogP contribution is -2.21. The summed E-state index contributed by atoms with van der Waals surface area (Å²) >= 11 is 0. The van der Waals surface area contributed by atoms with Crippen LogP contribution in [0.25, 0.3) is 0 Å². The Labute approximate surface area is 162 Å². The number of halogens is 3. The minimum Gasteiger partial charge on any atom is -0.488 e. The maximum Gasteiger partial charge on any atom is 0.490 e. The first-order chi connectivity index (χ1) is 13.6. The van der Waals surface area contributed by atoms with Crippen LogP contribution in [0.4, 0.5) is 24.7 Å². The van der Waals surface area contributed by atoms with E-state index in [0.717, 1.165) is 5.56 Å². The molecule has 0 saturated heterocycles. The molecule has 0 radical (unpaired) electrons. The molecular weight excluding hydrogens is 395 g/mol. The largest absolute Gasteiger partial charge is 0.490 e. The molecule has 1 aliphatic heterocycles. The fourth-order valence-electron chi connectivity index (χ4n) is 2.40. The number of nitrogens with zero attached hydrogens (tertiary/aromatic N) is 2. The highest BCUT2D eigenvalue weighted by molar-refractivity contribution is 5.73. The summed E-state index contributed by atoms with van der Waals surface area (Å²) in [4.78, 5) is 13.0. The molecule has 9 nitrogen and oxygen atoms in total. The van der Waals surface area contributed by atoms with Crippen molar-refractivity contribution in [2.75, 3.05) is 24.6 Å². The summed E-state index contributed by atoms with van der Waals surface area (Å²) in [5.41, 5.74) is 19.3. The van der Waals surface area contributed by atoms with Crippen LogP contribution in [0.3, 0.4) is 0 Å². The first-order valence-corrected chi connectivity index (χ1v) is 8.00. The highest BCUT2D eigenvalue weighted by atomic mass is 19.4. The number of nitrogens with two attached hydrogens (primary N) is 3. The highest BCUT2D eigenvalue weighted by Gasteiger charge is 2.38. The fraction of sp³-hybridized carbons (Fsp3) is 0.235. The van der Waals surface area contributed by atoms with E-state index >= 15 is 0 Å². The molecule has 29 heavy (non-hydrogen) atoms. The third-order valence-corrected chi connectivity index (χ3v) is 3.69. The van der Waals surface area contributed by atoms with Crippen molar-refractivity contribution in [1.82, 2.24) is 4.98 Å². The van der Waals surface area contributed by atoms with E-state index in [0.29, 0.717) is 48.2 Å². The van der Waals surface area contributed by atoms with Gasteiger partial charge < -0.3 is 31.8 Å². The molecule has 0 amide bonds. The molecule has 0 spiro atoms. The number of carbonyl (C=O) groups is 1. The molecule has 2 heterocycles. The molecular formula is C17H16F3N5O4. The van der Waals surface area contributed by atoms with Gasteiger partial charge in [0, 0.05) is 24.1 Å². The van der Waals surface area contributed by atoms with E-state index in [4.69, 9.17) is 41.8 Å². The van der Waals surface area contributed by atoms with Gasteiger partial charge in [-0.25, -0.2) is 4.79 Å². The zero-order chi connectivity index (χ0) is 21.8. The van der Waals surface area contributed by atoms with Crippen molar-refractivity contribution in [2.24, 2.45) is 5.73 Å². The van der Waals surface area contributed by atoms with Crippen molar-refractivity contribution in [3.8, 4) is 23.4 Å². The Bertz CT molecular complexity index is 973. The van der Waals surface area contributed by atoms with Crippen LogP contribution in [0.2, 0.25) is 0 Å². The van der Waals surface area contributed by atoms with Crippen molar-refractivity contribution in [1.29, 1.82) is 5.26 Å². The number of fused-ring (bicyclic) bond motifs is 2. The molecule has 0 fully saturated rings. The van der Waals surface area contributed by atoms with Crippen LogP contribution in [0.1, 0.15) is 16.7 Å². The van der Waals surface area contributed by atoms with Crippen LogP contribution >= 0.6 is 0 Å². The second-order valence-corrected chi connectivity index (χ2v) is 5.64. The molecule has 0 atom stereocenters. The number of hydrogen-bond acceptors (Lipinski definition) is 8. The standard InChI is InChI=1S/C15H15N5O2.C2HF3O2/c16-4-5-21-11-3-1-2-8-6-9-12(18)10(7-17)14(19)20-15(9)22-13(8)11;3-2(4,5)1(6)7/h1-3H,4-6,16H2,(H4,18,19,20);(H,6,7). The summed E-state index contributed by atoms with van der Waals surface area (Å²) in [5.74, 6) is -1.21. The number of anilines is 2. The number of ether oxygens (including phenoxy) is 2. The normalized spacial score (nSPS) is 11.7. The van der Waals surface area contributed by atoms with Gasteiger partial charge in [-0.05, 0) is 6.07 Å². The van der Waals surface area contributed by atoms with Crippen molar-refractivity contribution < 1.29 is 32.5 Å². The molecule has 7 N–H and O–H groups in total. The zero-order valence-corrected chi connectivity index (χ0v) is 14.8. The maximum absolute atomic E-state index is 10.6. The van der Waals surface area contributed by atoms with Crippen molar-refractivity contribution >= 4 is 17.5 Å². The van der Waals surface area contributed by atoms with E-state index in [1.807, 2.05) is 18.2 Å². The number of pyridine rings is 1. The van der Waals surface area contributed by atoms with Gasteiger partial charge in [-0.15, -0.1) is 0 Å². The predicted molar refractivity (Wildman–Crippen MR) is 95.3 cm³/mol. The van der Waals surface area contributed by atoms with Gasteiger partial charge in [0.2, 0.25) is 5.88 Å². The van der Waals surface area contributed by atoms with Crippen molar-refractivity contribution in [3.63, 3.8) is 0 Å². The van der Waals surface area contributed by atoms with Crippen LogP contribution in [-0.4, -0.2) is 35.4 Å². The summed E-state index contributed by atoms with van der Waals surface area (Å²) in [7, 11) is 0. The van der Waals surface area contributed by atoms with E-state index < -0.39 is 12.1 Å². The Hall–Kier alpha value is -3.72. The average Bonchev–Trinajstić information content (AvgIpc) is 2.65. The van der Waals surface area contributed by atoms with Crippen molar-refractivity contribution in [2.45, 2.75) is 12.6 Å².